The standard InChI is InChI=1S/C16H24N4O4/c1-15(2)12(22)17-14(24)20(15)9-11(21)19-8-6-16(10-19)5-4-7-18(3)13(16)23/h4-10H2,1-3H3,(H,17,22,24)/t16-/m1/s1. The molecule has 0 radical (unpaired) electrons. The summed E-state index contributed by atoms with van der Waals surface area (Å²) >= 11 is 0. The molecule has 8 nitrogen and oxygen atoms in total. The Hall–Kier alpha value is -2.12. The van der Waals surface area contributed by atoms with E-state index in [9.17, 15) is 19.2 Å². The lowest BCUT2D eigenvalue weighted by molar-refractivity contribution is -0.144. The summed E-state index contributed by atoms with van der Waals surface area (Å²) in [7, 11) is 1.80. The lowest BCUT2D eigenvalue weighted by Gasteiger charge is -2.37. The van der Waals surface area contributed by atoms with Gasteiger partial charge >= 0.3 is 6.03 Å². The van der Waals surface area contributed by atoms with E-state index in [0.29, 0.717) is 19.5 Å². The SMILES string of the molecule is CN1CCC[C@]2(CCN(C(=O)CN3C(=O)NC(=O)C3(C)C)C2)C1=O. The Bertz CT molecular complexity index is 617. The van der Waals surface area contributed by atoms with Gasteiger partial charge in [-0.1, -0.05) is 0 Å². The molecule has 3 fully saturated rings. The normalized spacial score (nSPS) is 29.6. The van der Waals surface area contributed by atoms with Crippen molar-refractivity contribution < 1.29 is 19.2 Å². The van der Waals surface area contributed by atoms with Crippen molar-refractivity contribution in [3.05, 3.63) is 0 Å². The summed E-state index contributed by atoms with van der Waals surface area (Å²) in [6.45, 7) is 4.77. The van der Waals surface area contributed by atoms with E-state index in [4.69, 9.17) is 0 Å². The zero-order valence-electron chi connectivity index (χ0n) is 14.4. The third kappa shape index (κ3) is 2.44. The van der Waals surface area contributed by atoms with Crippen molar-refractivity contribution in [2.24, 2.45) is 5.41 Å². The molecule has 0 aromatic carbocycles. The highest BCUT2D eigenvalue weighted by Crippen LogP contribution is 2.39. The summed E-state index contributed by atoms with van der Waals surface area (Å²) < 4.78 is 0. The van der Waals surface area contributed by atoms with Crippen LogP contribution in [0.2, 0.25) is 0 Å². The van der Waals surface area contributed by atoms with E-state index in [1.54, 1.807) is 30.7 Å². The van der Waals surface area contributed by atoms with Gasteiger partial charge in [-0.3, -0.25) is 19.7 Å². The highest BCUT2D eigenvalue weighted by molar-refractivity contribution is 6.07. The van der Waals surface area contributed by atoms with Crippen LogP contribution >= 0.6 is 0 Å². The molecule has 1 atom stereocenters. The predicted octanol–water partition coefficient (Wildman–Crippen LogP) is -0.212. The van der Waals surface area contributed by atoms with Crippen LogP contribution in [0.15, 0.2) is 0 Å². The smallest absolute Gasteiger partial charge is 0.325 e. The molecule has 0 aliphatic carbocycles. The Balaban J connectivity index is 1.68. The fourth-order valence-electron chi connectivity index (χ4n) is 3.93. The van der Waals surface area contributed by atoms with Gasteiger partial charge in [-0.15, -0.1) is 0 Å². The molecule has 3 rings (SSSR count). The monoisotopic (exact) mass is 336 g/mol. The quantitative estimate of drug-likeness (QED) is 0.707. The number of nitrogens with one attached hydrogen (secondary N) is 1. The maximum absolute atomic E-state index is 12.6. The van der Waals surface area contributed by atoms with Crippen molar-refractivity contribution in [2.75, 3.05) is 33.2 Å². The van der Waals surface area contributed by atoms with Crippen LogP contribution in [0.25, 0.3) is 0 Å². The van der Waals surface area contributed by atoms with Crippen molar-refractivity contribution in [3.63, 3.8) is 0 Å². The van der Waals surface area contributed by atoms with Crippen molar-refractivity contribution >= 4 is 23.8 Å². The van der Waals surface area contributed by atoms with Gasteiger partial charge in [0.05, 0.1) is 5.41 Å². The number of hydrogen-bond donors (Lipinski definition) is 1. The third-order valence-corrected chi connectivity index (χ3v) is 5.65. The number of nitrogens with zero attached hydrogens (tertiary/aromatic N) is 3. The first-order chi connectivity index (χ1) is 11.2. The van der Waals surface area contributed by atoms with Gasteiger partial charge in [0.25, 0.3) is 5.91 Å². The number of imide groups is 1. The number of likely N-dealkylation sites (tertiary alicyclic amines) is 2. The predicted molar refractivity (Wildman–Crippen MR) is 84.8 cm³/mol. The molecule has 5 amide bonds. The van der Waals surface area contributed by atoms with Crippen LogP contribution in [0.4, 0.5) is 4.79 Å². The lowest BCUT2D eigenvalue weighted by Crippen LogP contribution is -2.51. The van der Waals surface area contributed by atoms with E-state index in [-0.39, 0.29) is 18.4 Å². The largest absolute Gasteiger partial charge is 0.345 e. The van der Waals surface area contributed by atoms with Crippen LogP contribution < -0.4 is 5.32 Å². The Kier molecular flexibility index (Phi) is 3.80. The summed E-state index contributed by atoms with van der Waals surface area (Å²) in [5, 5.41) is 2.24. The first-order valence-electron chi connectivity index (χ1n) is 8.34. The van der Waals surface area contributed by atoms with Crippen LogP contribution in [0.5, 0.6) is 0 Å². The van der Waals surface area contributed by atoms with Crippen molar-refractivity contribution in [2.45, 2.75) is 38.6 Å². The molecule has 132 valence electrons. The van der Waals surface area contributed by atoms with Crippen LogP contribution in [-0.4, -0.2) is 77.2 Å². The van der Waals surface area contributed by atoms with Gasteiger partial charge in [0.1, 0.15) is 12.1 Å². The zero-order valence-corrected chi connectivity index (χ0v) is 14.4. The molecule has 1 N–H and O–H groups in total. The summed E-state index contributed by atoms with van der Waals surface area (Å²) in [5.41, 5.74) is -1.51. The fourth-order valence-corrected chi connectivity index (χ4v) is 3.93. The number of amides is 5. The first kappa shape index (κ1) is 16.7. The van der Waals surface area contributed by atoms with E-state index in [0.717, 1.165) is 19.4 Å². The molecule has 0 aromatic rings. The van der Waals surface area contributed by atoms with Gasteiger partial charge < -0.3 is 14.7 Å². The summed E-state index contributed by atoms with van der Waals surface area (Å²) in [6.07, 6.45) is 2.41. The highest BCUT2D eigenvalue weighted by Gasteiger charge is 2.50. The Labute approximate surface area is 141 Å². The minimum Gasteiger partial charge on any atom is -0.345 e. The number of carbonyl (C=O) groups is 4. The molecule has 0 unspecified atom stereocenters. The van der Waals surface area contributed by atoms with Crippen LogP contribution in [0.3, 0.4) is 0 Å². The molecule has 0 bridgehead atoms. The molecule has 24 heavy (non-hydrogen) atoms. The summed E-state index contributed by atoms with van der Waals surface area (Å²) in [4.78, 5) is 53.5. The molecule has 8 heteroatoms. The molecule has 3 saturated heterocycles. The van der Waals surface area contributed by atoms with Gasteiger partial charge in [0.2, 0.25) is 11.8 Å². The molecule has 0 saturated carbocycles. The average Bonchev–Trinajstić information content (AvgIpc) is 3.01. The van der Waals surface area contributed by atoms with Crippen LogP contribution in [-0.2, 0) is 14.4 Å². The van der Waals surface area contributed by atoms with Gasteiger partial charge in [-0.2, -0.15) is 0 Å². The van der Waals surface area contributed by atoms with Gasteiger partial charge in [-0.05, 0) is 33.1 Å². The molecular formula is C16H24N4O4. The number of carbonyl (C=O) groups excluding carboxylic acids is 4. The fraction of sp³-hybridized carbons (Fsp3) is 0.750. The van der Waals surface area contributed by atoms with Crippen LogP contribution in [0, 0.1) is 5.41 Å². The third-order valence-electron chi connectivity index (χ3n) is 5.65. The number of piperidine rings is 1. The van der Waals surface area contributed by atoms with E-state index in [1.807, 2.05) is 0 Å². The van der Waals surface area contributed by atoms with E-state index in [1.165, 1.54) is 4.90 Å². The maximum atomic E-state index is 12.6. The number of rotatable bonds is 2. The Morgan fingerprint density at radius 3 is 2.50 bits per heavy atom. The summed E-state index contributed by atoms with van der Waals surface area (Å²) in [6, 6.07) is -0.541. The zero-order chi connectivity index (χ0) is 17.7. The lowest BCUT2D eigenvalue weighted by atomic mass is 9.78. The second-order valence-electron chi connectivity index (χ2n) is 7.58. The van der Waals surface area contributed by atoms with Gasteiger partial charge in [-0.25, -0.2) is 4.79 Å². The van der Waals surface area contributed by atoms with Crippen molar-refractivity contribution in [3.8, 4) is 0 Å². The van der Waals surface area contributed by atoms with Gasteiger partial charge in [0, 0.05) is 26.7 Å². The molecule has 0 aromatic heterocycles. The number of hydrogen-bond acceptors (Lipinski definition) is 4. The molecule has 1 spiro atoms. The first-order valence-corrected chi connectivity index (χ1v) is 8.34. The van der Waals surface area contributed by atoms with Gasteiger partial charge in [0.15, 0.2) is 0 Å². The average molecular weight is 336 g/mol. The highest BCUT2D eigenvalue weighted by atomic mass is 16.2. The van der Waals surface area contributed by atoms with E-state index < -0.39 is 22.9 Å². The van der Waals surface area contributed by atoms with Crippen molar-refractivity contribution in [1.82, 2.24) is 20.0 Å². The minimum atomic E-state index is -1.04. The minimum absolute atomic E-state index is 0.110. The molecular weight excluding hydrogens is 312 g/mol. The second kappa shape index (κ2) is 5.46. The maximum Gasteiger partial charge on any atom is 0.325 e. The van der Waals surface area contributed by atoms with E-state index in [2.05, 4.69) is 5.32 Å². The van der Waals surface area contributed by atoms with Crippen LogP contribution in [0.1, 0.15) is 33.1 Å². The van der Waals surface area contributed by atoms with Crippen molar-refractivity contribution in [1.29, 1.82) is 0 Å². The second-order valence-corrected chi connectivity index (χ2v) is 7.58. The topological polar surface area (TPSA) is 90.0 Å². The van der Waals surface area contributed by atoms with E-state index >= 15 is 0 Å². The molecule has 3 aliphatic rings. The number of urea groups is 1. The Morgan fingerprint density at radius 2 is 1.88 bits per heavy atom. The Morgan fingerprint density at radius 1 is 1.17 bits per heavy atom. The molecule has 3 heterocycles. The molecule has 3 aliphatic heterocycles. The summed E-state index contributed by atoms with van der Waals surface area (Å²) in [5.74, 6) is -0.508.